The Morgan fingerprint density at radius 1 is 1.16 bits per heavy atom. The van der Waals surface area contributed by atoms with E-state index in [9.17, 15) is 24.1 Å². The van der Waals surface area contributed by atoms with Crippen molar-refractivity contribution in [2.75, 3.05) is 39.3 Å². The number of piperazine rings is 1. The number of allylic oxidation sites excluding steroid dienone is 2. The van der Waals surface area contributed by atoms with Gasteiger partial charge in [0.05, 0.1) is 24.1 Å². The largest absolute Gasteiger partial charge is 0.475 e. The van der Waals surface area contributed by atoms with E-state index in [2.05, 4.69) is 23.6 Å². The van der Waals surface area contributed by atoms with Crippen molar-refractivity contribution in [3.05, 3.63) is 88.6 Å². The van der Waals surface area contributed by atoms with Gasteiger partial charge in [-0.25, -0.2) is 18.2 Å². The Hall–Kier alpha value is -4.58. The summed E-state index contributed by atoms with van der Waals surface area (Å²) in [5, 5.41) is 22.2. The summed E-state index contributed by atoms with van der Waals surface area (Å²) in [5.41, 5.74) is 0.917. The van der Waals surface area contributed by atoms with Crippen LogP contribution in [0.5, 0.6) is 0 Å². The first-order chi connectivity index (χ1) is 23.7. The summed E-state index contributed by atoms with van der Waals surface area (Å²) in [4.78, 5) is 22.6. The standard InChI is InChI=1S/C37H34ClF3N6O2/c1-22(39)36(48)47-16-15-45(20-25(47)11-13-42)34-28-10-9-27(26-7-2-5-23-6-3-8-30(38)31(23)26)32(41)33(28)44-35(29(34)18-43)49-21-37-12-4-14-46(37)19-24(40)17-37/h2-3,5-10,24-25,28,33H,1,4,11-12,14-17,19-21H2/t24-,25+,28?,33?,37+/m1/s1. The van der Waals surface area contributed by atoms with Crippen molar-refractivity contribution in [1.82, 2.24) is 14.7 Å². The summed E-state index contributed by atoms with van der Waals surface area (Å²) in [5.74, 6) is -3.30. The van der Waals surface area contributed by atoms with E-state index in [4.69, 9.17) is 21.3 Å². The zero-order chi connectivity index (χ0) is 34.4. The molecule has 5 atom stereocenters. The lowest BCUT2D eigenvalue weighted by Gasteiger charge is -2.45. The van der Waals surface area contributed by atoms with Gasteiger partial charge in [-0.15, -0.1) is 0 Å². The smallest absolute Gasteiger partial charge is 0.282 e. The van der Waals surface area contributed by atoms with Crippen LogP contribution in [0.15, 0.2) is 83.0 Å². The number of nitriles is 2. The second-order valence-corrected chi connectivity index (χ2v) is 13.7. The number of carbonyl (C=O) groups excluding carboxylic acids is 1. The number of amides is 1. The average Bonchev–Trinajstić information content (AvgIpc) is 3.62. The first-order valence-corrected chi connectivity index (χ1v) is 16.8. The number of ether oxygens (including phenoxy) is 1. The topological polar surface area (TPSA) is 96.0 Å². The minimum Gasteiger partial charge on any atom is -0.475 e. The fraction of sp³-hybridized carbons (Fsp3) is 0.405. The van der Waals surface area contributed by atoms with Gasteiger partial charge in [0.2, 0.25) is 5.90 Å². The summed E-state index contributed by atoms with van der Waals surface area (Å²) in [6.45, 7) is 4.63. The minimum atomic E-state index is -1.12. The minimum absolute atomic E-state index is 0.0319. The summed E-state index contributed by atoms with van der Waals surface area (Å²) in [7, 11) is 0. The number of carbonyl (C=O) groups is 1. The number of benzene rings is 2. The van der Waals surface area contributed by atoms with E-state index in [-0.39, 0.29) is 44.1 Å². The molecule has 0 spiro atoms. The van der Waals surface area contributed by atoms with Crippen LogP contribution in [0, 0.1) is 28.6 Å². The Morgan fingerprint density at radius 3 is 2.71 bits per heavy atom. The molecule has 3 saturated heterocycles. The maximum absolute atomic E-state index is 17.0. The first kappa shape index (κ1) is 32.9. The number of aliphatic imine (C=N–C) groups is 1. The lowest BCUT2D eigenvalue weighted by Crippen LogP contribution is -2.56. The number of fused-ring (bicyclic) bond motifs is 3. The number of halogens is 4. The maximum Gasteiger partial charge on any atom is 0.282 e. The molecule has 2 aromatic rings. The zero-order valence-electron chi connectivity index (χ0n) is 26.7. The molecule has 0 N–H and O–H groups in total. The molecule has 2 unspecified atom stereocenters. The summed E-state index contributed by atoms with van der Waals surface area (Å²) >= 11 is 6.63. The van der Waals surface area contributed by atoms with Crippen LogP contribution >= 0.6 is 11.6 Å². The second kappa shape index (κ2) is 13.0. The Balaban J connectivity index is 1.30. The highest BCUT2D eigenvalue weighted by Crippen LogP contribution is 2.45. The number of nitrogens with zero attached hydrogens (tertiary/aromatic N) is 6. The molecule has 252 valence electrons. The van der Waals surface area contributed by atoms with E-state index in [1.807, 2.05) is 35.2 Å². The monoisotopic (exact) mass is 686 g/mol. The van der Waals surface area contributed by atoms with Crippen molar-refractivity contribution >= 4 is 39.8 Å². The van der Waals surface area contributed by atoms with Crippen LogP contribution in [0.4, 0.5) is 13.2 Å². The first-order valence-electron chi connectivity index (χ1n) is 16.4. The number of hydrogen-bond acceptors (Lipinski definition) is 7. The third kappa shape index (κ3) is 5.69. The van der Waals surface area contributed by atoms with Gasteiger partial charge < -0.3 is 14.5 Å². The molecule has 7 rings (SSSR count). The quantitative estimate of drug-likeness (QED) is 0.326. The van der Waals surface area contributed by atoms with E-state index in [0.717, 1.165) is 24.8 Å². The molecule has 0 radical (unpaired) electrons. The van der Waals surface area contributed by atoms with Crippen LogP contribution in [0.1, 0.15) is 31.2 Å². The number of dihydropyridines is 1. The Labute approximate surface area is 287 Å². The highest BCUT2D eigenvalue weighted by Gasteiger charge is 2.50. The molecule has 4 heterocycles. The predicted octanol–water partition coefficient (Wildman–Crippen LogP) is 6.42. The molecule has 0 aromatic heterocycles. The van der Waals surface area contributed by atoms with Crippen LogP contribution in [-0.2, 0) is 9.53 Å². The van der Waals surface area contributed by atoms with Crippen molar-refractivity contribution < 1.29 is 22.7 Å². The van der Waals surface area contributed by atoms with Crippen LogP contribution in [-0.4, -0.2) is 89.6 Å². The molecule has 4 aliphatic heterocycles. The molecule has 2 aromatic carbocycles. The summed E-state index contributed by atoms with van der Waals surface area (Å²) < 4.78 is 51.9. The molecule has 49 heavy (non-hydrogen) atoms. The average molecular weight is 687 g/mol. The third-order valence-corrected chi connectivity index (χ3v) is 10.8. The highest BCUT2D eigenvalue weighted by atomic mass is 35.5. The number of rotatable bonds is 6. The number of hydrogen-bond donors (Lipinski definition) is 0. The van der Waals surface area contributed by atoms with E-state index in [1.165, 1.54) is 4.90 Å². The van der Waals surface area contributed by atoms with E-state index < -0.39 is 47.3 Å². The molecule has 5 aliphatic rings. The van der Waals surface area contributed by atoms with Crippen LogP contribution in [0.3, 0.4) is 0 Å². The van der Waals surface area contributed by atoms with Gasteiger partial charge in [-0.1, -0.05) is 60.7 Å². The van der Waals surface area contributed by atoms with E-state index in [1.54, 1.807) is 18.2 Å². The van der Waals surface area contributed by atoms with Crippen molar-refractivity contribution in [3.8, 4) is 12.1 Å². The van der Waals surface area contributed by atoms with Crippen molar-refractivity contribution in [2.45, 2.75) is 49.5 Å². The lowest BCUT2D eigenvalue weighted by atomic mass is 9.81. The molecule has 12 heteroatoms. The van der Waals surface area contributed by atoms with Gasteiger partial charge in [0, 0.05) is 60.2 Å². The molecule has 0 saturated carbocycles. The number of alkyl halides is 1. The highest BCUT2D eigenvalue weighted by molar-refractivity contribution is 6.36. The van der Waals surface area contributed by atoms with Crippen LogP contribution in [0.25, 0.3) is 16.3 Å². The van der Waals surface area contributed by atoms with Crippen molar-refractivity contribution in [1.29, 1.82) is 10.5 Å². The lowest BCUT2D eigenvalue weighted by molar-refractivity contribution is -0.133. The molecule has 1 amide bonds. The maximum atomic E-state index is 17.0. The SMILES string of the molecule is C=C(F)C(=O)N1CCN(C2=C(C#N)C(OC[C@@]34CCCN3C[C@H](F)C4)=NC3C(F)=C(c4cccc5cccc(Cl)c45)C=CC23)C[C@@H]1CC#N. The van der Waals surface area contributed by atoms with Gasteiger partial charge in [0.15, 0.2) is 5.83 Å². The molecular weight excluding hydrogens is 653 g/mol. The van der Waals surface area contributed by atoms with Gasteiger partial charge in [-0.3, -0.25) is 9.69 Å². The normalized spacial score (nSPS) is 28.2. The van der Waals surface area contributed by atoms with Gasteiger partial charge in [-0.05, 0) is 36.4 Å². The van der Waals surface area contributed by atoms with Crippen LogP contribution in [0.2, 0.25) is 5.02 Å². The zero-order valence-corrected chi connectivity index (χ0v) is 27.5. The third-order valence-electron chi connectivity index (χ3n) is 10.5. The van der Waals surface area contributed by atoms with Gasteiger partial charge >= 0.3 is 0 Å². The summed E-state index contributed by atoms with van der Waals surface area (Å²) in [6, 6.07) is 13.5. The molecule has 8 nitrogen and oxygen atoms in total. The van der Waals surface area contributed by atoms with Gasteiger partial charge in [-0.2, -0.15) is 10.5 Å². The predicted molar refractivity (Wildman–Crippen MR) is 180 cm³/mol. The van der Waals surface area contributed by atoms with Crippen LogP contribution < -0.4 is 0 Å². The summed E-state index contributed by atoms with van der Waals surface area (Å²) in [6.07, 6.45) is 4.36. The molecule has 1 aliphatic carbocycles. The Bertz CT molecular complexity index is 1940. The van der Waals surface area contributed by atoms with Crippen molar-refractivity contribution in [2.24, 2.45) is 10.9 Å². The van der Waals surface area contributed by atoms with Crippen molar-refractivity contribution in [3.63, 3.8) is 0 Å². The van der Waals surface area contributed by atoms with Gasteiger partial charge in [0.25, 0.3) is 5.91 Å². The molecule has 0 bridgehead atoms. The Morgan fingerprint density at radius 2 is 1.96 bits per heavy atom. The fourth-order valence-corrected chi connectivity index (χ4v) is 8.58. The van der Waals surface area contributed by atoms with E-state index >= 15 is 4.39 Å². The second-order valence-electron chi connectivity index (χ2n) is 13.3. The van der Waals surface area contributed by atoms with E-state index in [0.29, 0.717) is 40.2 Å². The fourth-order valence-electron chi connectivity index (χ4n) is 8.30. The van der Waals surface area contributed by atoms with Gasteiger partial charge in [0.1, 0.15) is 36.3 Å². The molecule has 3 fully saturated rings. The Kier molecular flexibility index (Phi) is 8.76. The molecular formula is C37H34ClF3N6O2.